The highest BCUT2D eigenvalue weighted by atomic mass is 19.1. The molecular weight excluding hydrogens is 215 g/mol. The van der Waals surface area contributed by atoms with Crippen LogP contribution in [0.1, 0.15) is 25.7 Å². The highest BCUT2D eigenvalue weighted by Gasteiger charge is 2.20. The van der Waals surface area contributed by atoms with E-state index in [4.69, 9.17) is 0 Å². The van der Waals surface area contributed by atoms with Crippen LogP contribution >= 0.6 is 0 Å². The summed E-state index contributed by atoms with van der Waals surface area (Å²) in [4.78, 5) is 0. The van der Waals surface area contributed by atoms with E-state index >= 15 is 0 Å². The maximum absolute atomic E-state index is 12.7. The van der Waals surface area contributed by atoms with Crippen LogP contribution in [0.5, 0.6) is 0 Å². The summed E-state index contributed by atoms with van der Waals surface area (Å²) in [5.74, 6) is 0.551. The molecule has 1 saturated carbocycles. The van der Waals surface area contributed by atoms with Crippen LogP contribution in [0.3, 0.4) is 0 Å². The monoisotopic (exact) mass is 236 g/mol. The molecule has 94 valence electrons. The zero-order valence-electron chi connectivity index (χ0n) is 10.4. The molecule has 1 aromatic carbocycles. The summed E-state index contributed by atoms with van der Waals surface area (Å²) in [5, 5.41) is 6.75. The molecule has 3 heteroatoms. The fourth-order valence-corrected chi connectivity index (χ4v) is 2.57. The summed E-state index contributed by atoms with van der Waals surface area (Å²) in [5.41, 5.74) is 1.01. The molecule has 0 aromatic heterocycles. The Hall–Kier alpha value is -1.09. The van der Waals surface area contributed by atoms with Gasteiger partial charge in [-0.05, 0) is 56.5 Å². The van der Waals surface area contributed by atoms with Gasteiger partial charge in [0.05, 0.1) is 0 Å². The Bertz CT molecular complexity index is 337. The molecule has 2 atom stereocenters. The normalized spacial score (nSPS) is 24.6. The van der Waals surface area contributed by atoms with Gasteiger partial charge >= 0.3 is 0 Å². The number of nitrogens with one attached hydrogen (secondary N) is 2. The first-order valence-corrected chi connectivity index (χ1v) is 6.44. The van der Waals surface area contributed by atoms with E-state index in [9.17, 15) is 4.39 Å². The van der Waals surface area contributed by atoms with Crippen LogP contribution in [-0.2, 0) is 0 Å². The van der Waals surface area contributed by atoms with Crippen molar-refractivity contribution in [3.8, 4) is 0 Å². The molecule has 0 radical (unpaired) electrons. The van der Waals surface area contributed by atoms with Gasteiger partial charge in [0.2, 0.25) is 0 Å². The molecule has 2 unspecified atom stereocenters. The number of hydrogen-bond donors (Lipinski definition) is 2. The molecule has 0 aliphatic heterocycles. The topological polar surface area (TPSA) is 24.1 Å². The second-order valence-corrected chi connectivity index (χ2v) is 4.91. The van der Waals surface area contributed by atoms with E-state index in [1.54, 1.807) is 12.1 Å². The fraction of sp³-hybridized carbons (Fsp3) is 0.571. The molecule has 1 fully saturated rings. The van der Waals surface area contributed by atoms with Crippen molar-refractivity contribution in [2.75, 3.05) is 18.9 Å². The molecule has 0 saturated heterocycles. The minimum absolute atomic E-state index is 0.177. The number of benzene rings is 1. The predicted molar refractivity (Wildman–Crippen MR) is 69.7 cm³/mol. The van der Waals surface area contributed by atoms with E-state index in [2.05, 4.69) is 10.6 Å². The van der Waals surface area contributed by atoms with Crippen LogP contribution in [0.15, 0.2) is 24.3 Å². The van der Waals surface area contributed by atoms with Gasteiger partial charge in [-0.3, -0.25) is 0 Å². The van der Waals surface area contributed by atoms with E-state index in [0.29, 0.717) is 6.04 Å². The summed E-state index contributed by atoms with van der Waals surface area (Å²) in [6.45, 7) is 0.990. The van der Waals surface area contributed by atoms with E-state index in [1.165, 1.54) is 37.8 Å². The summed E-state index contributed by atoms with van der Waals surface area (Å²) >= 11 is 0. The lowest BCUT2D eigenvalue weighted by Crippen LogP contribution is -2.33. The van der Waals surface area contributed by atoms with Crippen molar-refractivity contribution >= 4 is 5.69 Å². The van der Waals surface area contributed by atoms with Crippen LogP contribution in [0.25, 0.3) is 0 Å². The first-order chi connectivity index (χ1) is 8.28. The minimum atomic E-state index is -0.177. The Kier molecular flexibility index (Phi) is 4.37. The van der Waals surface area contributed by atoms with Gasteiger partial charge in [0, 0.05) is 18.3 Å². The molecule has 1 aromatic rings. The van der Waals surface area contributed by atoms with E-state index in [-0.39, 0.29) is 5.82 Å². The Morgan fingerprint density at radius 1 is 1.24 bits per heavy atom. The fourth-order valence-electron chi connectivity index (χ4n) is 2.57. The van der Waals surface area contributed by atoms with Gasteiger partial charge in [-0.15, -0.1) is 0 Å². The number of halogens is 1. The molecule has 0 amide bonds. The molecule has 2 N–H and O–H groups in total. The third-order valence-corrected chi connectivity index (χ3v) is 3.63. The third-order valence-electron chi connectivity index (χ3n) is 3.63. The molecule has 17 heavy (non-hydrogen) atoms. The van der Waals surface area contributed by atoms with Crippen molar-refractivity contribution in [2.24, 2.45) is 5.92 Å². The van der Waals surface area contributed by atoms with Crippen LogP contribution in [0.4, 0.5) is 10.1 Å². The largest absolute Gasteiger partial charge is 0.385 e. The molecule has 1 aliphatic carbocycles. The first kappa shape index (κ1) is 12.4. The van der Waals surface area contributed by atoms with E-state index < -0.39 is 0 Å². The Labute approximate surface area is 103 Å². The number of rotatable bonds is 4. The van der Waals surface area contributed by atoms with Gasteiger partial charge in [0.15, 0.2) is 0 Å². The van der Waals surface area contributed by atoms with Gasteiger partial charge in [-0.2, -0.15) is 0 Å². The molecule has 2 rings (SSSR count). The number of anilines is 1. The highest BCUT2D eigenvalue weighted by Crippen LogP contribution is 2.24. The lowest BCUT2D eigenvalue weighted by Gasteiger charge is -2.29. The van der Waals surface area contributed by atoms with Crippen LogP contribution < -0.4 is 10.6 Å². The third kappa shape index (κ3) is 3.70. The standard InChI is InChI=1S/C14H21FN2/c1-16-14-4-2-3-11(9-14)10-17-13-7-5-12(15)6-8-13/h5-8,11,14,16-17H,2-4,9-10H2,1H3. The van der Waals surface area contributed by atoms with Crippen molar-refractivity contribution in [2.45, 2.75) is 31.7 Å². The SMILES string of the molecule is CNC1CCCC(CNc2ccc(F)cc2)C1. The minimum Gasteiger partial charge on any atom is -0.385 e. The maximum Gasteiger partial charge on any atom is 0.123 e. The average molecular weight is 236 g/mol. The Balaban J connectivity index is 1.79. The van der Waals surface area contributed by atoms with Gasteiger partial charge in [0.1, 0.15) is 5.82 Å². The lowest BCUT2D eigenvalue weighted by molar-refractivity contribution is 0.306. The lowest BCUT2D eigenvalue weighted by atomic mass is 9.86. The molecule has 1 aliphatic rings. The molecule has 0 heterocycles. The summed E-state index contributed by atoms with van der Waals surface area (Å²) < 4.78 is 12.7. The Morgan fingerprint density at radius 2 is 2.00 bits per heavy atom. The predicted octanol–water partition coefficient (Wildman–Crippen LogP) is 3.02. The smallest absolute Gasteiger partial charge is 0.123 e. The highest BCUT2D eigenvalue weighted by molar-refractivity contribution is 5.42. The van der Waals surface area contributed by atoms with Gasteiger partial charge in [0.25, 0.3) is 0 Å². The van der Waals surface area contributed by atoms with Crippen LogP contribution in [-0.4, -0.2) is 19.6 Å². The Morgan fingerprint density at radius 3 is 2.71 bits per heavy atom. The summed E-state index contributed by atoms with van der Waals surface area (Å²) in [6.07, 6.45) is 5.14. The summed E-state index contributed by atoms with van der Waals surface area (Å²) in [6, 6.07) is 7.27. The van der Waals surface area contributed by atoms with Gasteiger partial charge in [-0.1, -0.05) is 6.42 Å². The zero-order chi connectivity index (χ0) is 12.1. The van der Waals surface area contributed by atoms with Crippen molar-refractivity contribution in [1.82, 2.24) is 5.32 Å². The molecule has 0 bridgehead atoms. The maximum atomic E-state index is 12.7. The van der Waals surface area contributed by atoms with Crippen LogP contribution in [0, 0.1) is 11.7 Å². The number of hydrogen-bond acceptors (Lipinski definition) is 2. The van der Waals surface area contributed by atoms with Gasteiger partial charge in [-0.25, -0.2) is 4.39 Å². The van der Waals surface area contributed by atoms with E-state index in [1.807, 2.05) is 7.05 Å². The van der Waals surface area contributed by atoms with Crippen molar-refractivity contribution in [3.63, 3.8) is 0 Å². The zero-order valence-corrected chi connectivity index (χ0v) is 10.4. The molecule has 2 nitrogen and oxygen atoms in total. The van der Waals surface area contributed by atoms with Crippen molar-refractivity contribution in [3.05, 3.63) is 30.1 Å². The second-order valence-electron chi connectivity index (χ2n) is 4.91. The molecular formula is C14H21FN2. The van der Waals surface area contributed by atoms with Gasteiger partial charge < -0.3 is 10.6 Å². The van der Waals surface area contributed by atoms with Crippen molar-refractivity contribution in [1.29, 1.82) is 0 Å². The first-order valence-electron chi connectivity index (χ1n) is 6.44. The molecule has 0 spiro atoms. The quantitative estimate of drug-likeness (QED) is 0.839. The average Bonchev–Trinajstić information content (AvgIpc) is 2.38. The van der Waals surface area contributed by atoms with Crippen LogP contribution in [0.2, 0.25) is 0 Å². The second kappa shape index (κ2) is 6.01. The van der Waals surface area contributed by atoms with Crippen molar-refractivity contribution < 1.29 is 4.39 Å². The summed E-state index contributed by atoms with van der Waals surface area (Å²) in [7, 11) is 2.04. The van der Waals surface area contributed by atoms with E-state index in [0.717, 1.165) is 18.2 Å².